The van der Waals surface area contributed by atoms with Gasteiger partial charge in [-0.1, -0.05) is 30.3 Å². The van der Waals surface area contributed by atoms with Gasteiger partial charge in [-0.3, -0.25) is 4.79 Å². The minimum absolute atomic E-state index is 0.104. The lowest BCUT2D eigenvalue weighted by atomic mass is 9.90. The molecular weight excluding hydrogens is 428 g/mol. The van der Waals surface area contributed by atoms with E-state index in [2.05, 4.69) is 69.9 Å². The van der Waals surface area contributed by atoms with Gasteiger partial charge in [0.2, 0.25) is 5.91 Å². The van der Waals surface area contributed by atoms with E-state index in [4.69, 9.17) is 4.74 Å². The number of methoxy groups -OCH3 is 1. The van der Waals surface area contributed by atoms with Crippen LogP contribution in [0.3, 0.4) is 0 Å². The van der Waals surface area contributed by atoms with E-state index in [1.807, 2.05) is 12.1 Å². The quantitative estimate of drug-likeness (QED) is 0.375. The SMILES string of the molecule is COc1ccc(-n2c(CCC(=O)NCCc3cccs3)cc3c2-c2ccccc2CC3)cc1. The highest BCUT2D eigenvalue weighted by molar-refractivity contribution is 7.09. The third-order valence-corrected chi connectivity index (χ3v) is 7.24. The van der Waals surface area contributed by atoms with Crippen LogP contribution in [0.4, 0.5) is 0 Å². The minimum atomic E-state index is 0.104. The lowest BCUT2D eigenvalue weighted by Crippen LogP contribution is -2.25. The van der Waals surface area contributed by atoms with Gasteiger partial charge in [0.1, 0.15) is 5.75 Å². The third kappa shape index (κ3) is 4.60. The van der Waals surface area contributed by atoms with Crippen LogP contribution in [0.25, 0.3) is 16.9 Å². The van der Waals surface area contributed by atoms with Crippen molar-refractivity contribution in [2.75, 3.05) is 13.7 Å². The van der Waals surface area contributed by atoms with E-state index >= 15 is 0 Å². The lowest BCUT2D eigenvalue weighted by Gasteiger charge is -2.21. The van der Waals surface area contributed by atoms with Gasteiger partial charge in [-0.2, -0.15) is 0 Å². The molecule has 4 nitrogen and oxygen atoms in total. The number of carbonyl (C=O) groups excluding carboxylic acids is 1. The summed E-state index contributed by atoms with van der Waals surface area (Å²) in [5.74, 6) is 0.944. The smallest absolute Gasteiger partial charge is 0.220 e. The van der Waals surface area contributed by atoms with Crippen LogP contribution in [0.5, 0.6) is 5.75 Å². The van der Waals surface area contributed by atoms with Gasteiger partial charge < -0.3 is 14.6 Å². The highest BCUT2D eigenvalue weighted by Crippen LogP contribution is 2.38. The Balaban J connectivity index is 1.40. The normalized spacial score (nSPS) is 12.2. The first-order valence-electron chi connectivity index (χ1n) is 11.5. The average Bonchev–Trinajstić information content (AvgIpc) is 3.50. The molecule has 0 unspecified atom stereocenters. The van der Waals surface area contributed by atoms with E-state index in [0.717, 1.165) is 30.7 Å². The van der Waals surface area contributed by atoms with Gasteiger partial charge in [0.05, 0.1) is 12.8 Å². The number of hydrogen-bond donors (Lipinski definition) is 1. The van der Waals surface area contributed by atoms with Crippen molar-refractivity contribution in [1.29, 1.82) is 0 Å². The molecule has 0 fully saturated rings. The van der Waals surface area contributed by atoms with Crippen molar-refractivity contribution in [3.05, 3.63) is 93.8 Å². The zero-order chi connectivity index (χ0) is 22.6. The average molecular weight is 457 g/mol. The van der Waals surface area contributed by atoms with Gasteiger partial charge in [-0.05, 0) is 78.6 Å². The Morgan fingerprint density at radius 1 is 1.00 bits per heavy atom. The standard InChI is InChI=1S/C28H28N2O2S/c1-32-24-13-10-22(11-14-24)30-23(12-15-27(31)29-17-16-25-6-4-18-33-25)19-21-9-8-20-5-2-3-7-26(20)28(21)30/h2-7,10-11,13-14,18-19H,8-9,12,15-17H2,1H3,(H,29,31). The molecule has 1 amide bonds. The topological polar surface area (TPSA) is 43.3 Å². The summed E-state index contributed by atoms with van der Waals surface area (Å²) < 4.78 is 7.71. The van der Waals surface area contributed by atoms with Crippen LogP contribution < -0.4 is 10.1 Å². The number of ether oxygens (including phenoxy) is 1. The highest BCUT2D eigenvalue weighted by atomic mass is 32.1. The molecule has 33 heavy (non-hydrogen) atoms. The van der Waals surface area contributed by atoms with Crippen molar-refractivity contribution in [3.8, 4) is 22.7 Å². The van der Waals surface area contributed by atoms with Gasteiger partial charge in [-0.25, -0.2) is 0 Å². The first kappa shape index (κ1) is 21.5. The zero-order valence-corrected chi connectivity index (χ0v) is 19.7. The Morgan fingerprint density at radius 3 is 2.61 bits per heavy atom. The number of nitrogens with one attached hydrogen (secondary N) is 1. The van der Waals surface area contributed by atoms with Crippen molar-refractivity contribution in [1.82, 2.24) is 9.88 Å². The number of carbonyl (C=O) groups is 1. The van der Waals surface area contributed by atoms with Crippen molar-refractivity contribution in [2.24, 2.45) is 0 Å². The van der Waals surface area contributed by atoms with E-state index in [-0.39, 0.29) is 5.91 Å². The lowest BCUT2D eigenvalue weighted by molar-refractivity contribution is -0.121. The van der Waals surface area contributed by atoms with Crippen LogP contribution in [0.15, 0.2) is 72.1 Å². The third-order valence-electron chi connectivity index (χ3n) is 6.30. The Morgan fingerprint density at radius 2 is 1.82 bits per heavy atom. The number of thiophene rings is 1. The molecule has 5 rings (SSSR count). The van der Waals surface area contributed by atoms with Crippen molar-refractivity contribution >= 4 is 17.2 Å². The number of aromatic nitrogens is 1. The fourth-order valence-electron chi connectivity index (χ4n) is 4.66. The van der Waals surface area contributed by atoms with Crippen molar-refractivity contribution < 1.29 is 9.53 Å². The molecule has 0 saturated carbocycles. The first-order valence-corrected chi connectivity index (χ1v) is 12.4. The van der Waals surface area contributed by atoms with Crippen LogP contribution in [0, 0.1) is 0 Å². The second-order valence-corrected chi connectivity index (χ2v) is 9.41. The maximum absolute atomic E-state index is 12.6. The number of aryl methyl sites for hydroxylation is 3. The van der Waals surface area contributed by atoms with Crippen LogP contribution in [0.2, 0.25) is 0 Å². The predicted octanol–water partition coefficient (Wildman–Crippen LogP) is 5.60. The summed E-state index contributed by atoms with van der Waals surface area (Å²) in [6, 6.07) is 23.3. The molecule has 168 valence electrons. The minimum Gasteiger partial charge on any atom is -0.497 e. The van der Waals surface area contributed by atoms with Gasteiger partial charge in [0, 0.05) is 34.8 Å². The molecule has 0 spiro atoms. The van der Waals surface area contributed by atoms with Gasteiger partial charge in [0.15, 0.2) is 0 Å². The molecule has 0 saturated heterocycles. The highest BCUT2D eigenvalue weighted by Gasteiger charge is 2.23. The fourth-order valence-corrected chi connectivity index (χ4v) is 5.37. The molecule has 1 aliphatic carbocycles. The van der Waals surface area contributed by atoms with E-state index in [1.165, 1.54) is 33.0 Å². The molecule has 4 aromatic rings. The van der Waals surface area contributed by atoms with Gasteiger partial charge in [-0.15, -0.1) is 11.3 Å². The number of rotatable bonds is 8. The van der Waals surface area contributed by atoms with Crippen LogP contribution in [-0.4, -0.2) is 24.1 Å². The number of fused-ring (bicyclic) bond motifs is 3. The van der Waals surface area contributed by atoms with Crippen LogP contribution >= 0.6 is 11.3 Å². The summed E-state index contributed by atoms with van der Waals surface area (Å²) in [4.78, 5) is 13.9. The van der Waals surface area contributed by atoms with Gasteiger partial charge in [0.25, 0.3) is 0 Å². The molecule has 0 atom stereocenters. The largest absolute Gasteiger partial charge is 0.497 e. The van der Waals surface area contributed by atoms with E-state index in [9.17, 15) is 4.79 Å². The summed E-state index contributed by atoms with van der Waals surface area (Å²) in [5.41, 5.74) is 7.57. The molecular formula is C28H28N2O2S. The Bertz CT molecular complexity index is 1240. The first-order chi connectivity index (χ1) is 16.2. The number of amides is 1. The molecule has 1 aliphatic rings. The number of hydrogen-bond acceptors (Lipinski definition) is 3. The molecule has 5 heteroatoms. The summed E-state index contributed by atoms with van der Waals surface area (Å²) in [6.07, 6.45) is 4.14. The molecule has 0 aliphatic heterocycles. The molecule has 0 radical (unpaired) electrons. The molecule has 0 bridgehead atoms. The maximum Gasteiger partial charge on any atom is 0.220 e. The summed E-state index contributed by atoms with van der Waals surface area (Å²) in [7, 11) is 1.69. The van der Waals surface area contributed by atoms with Crippen molar-refractivity contribution in [3.63, 3.8) is 0 Å². The van der Waals surface area contributed by atoms with Gasteiger partial charge >= 0.3 is 0 Å². The number of nitrogens with zero attached hydrogens (tertiary/aromatic N) is 1. The van der Waals surface area contributed by atoms with E-state index in [1.54, 1.807) is 18.4 Å². The maximum atomic E-state index is 12.6. The van der Waals surface area contributed by atoms with Crippen LogP contribution in [-0.2, 0) is 30.5 Å². The Kier molecular flexibility index (Phi) is 6.31. The monoisotopic (exact) mass is 456 g/mol. The van der Waals surface area contributed by atoms with Crippen molar-refractivity contribution in [2.45, 2.75) is 32.1 Å². The molecule has 2 aromatic heterocycles. The number of benzene rings is 2. The summed E-state index contributed by atoms with van der Waals surface area (Å²) >= 11 is 1.73. The van der Waals surface area contributed by atoms with E-state index < -0.39 is 0 Å². The summed E-state index contributed by atoms with van der Waals surface area (Å²) in [6.45, 7) is 0.683. The molecule has 1 N–H and O–H groups in total. The second kappa shape index (κ2) is 9.67. The Labute approximate surface area is 198 Å². The Hall–Kier alpha value is -3.31. The zero-order valence-electron chi connectivity index (χ0n) is 18.8. The second-order valence-electron chi connectivity index (χ2n) is 8.38. The fraction of sp³-hybridized carbons (Fsp3) is 0.250. The summed E-state index contributed by atoms with van der Waals surface area (Å²) in [5, 5.41) is 5.16. The molecule has 2 heterocycles. The van der Waals surface area contributed by atoms with Crippen LogP contribution in [0.1, 0.15) is 28.1 Å². The van der Waals surface area contributed by atoms with E-state index in [0.29, 0.717) is 19.4 Å². The predicted molar refractivity (Wildman–Crippen MR) is 135 cm³/mol. The molecule has 2 aromatic carbocycles.